The summed E-state index contributed by atoms with van der Waals surface area (Å²) in [7, 11) is -0.757. The number of nitrogens with one attached hydrogen (secondary N) is 2. The Kier molecular flexibility index (Phi) is 7.83. The van der Waals surface area contributed by atoms with E-state index in [2.05, 4.69) is 10.0 Å². The Morgan fingerprint density at radius 3 is 2.12 bits per heavy atom. The van der Waals surface area contributed by atoms with Crippen molar-refractivity contribution in [2.75, 3.05) is 24.3 Å². The van der Waals surface area contributed by atoms with Crippen molar-refractivity contribution in [3.05, 3.63) is 72.5 Å². The van der Waals surface area contributed by atoms with Gasteiger partial charge in [-0.1, -0.05) is 0 Å². The van der Waals surface area contributed by atoms with Crippen LogP contribution >= 0.6 is 11.8 Å². The first-order chi connectivity index (χ1) is 15.7. The number of amides is 1. The number of hydrogen-bond acceptors (Lipinski definition) is 6. The number of carbonyl (C=O) groups excluding carboxylic acids is 1. The number of thioether (sulfide) groups is 1. The van der Waals surface area contributed by atoms with Gasteiger partial charge in [0.2, 0.25) is 5.91 Å². The first-order valence-electron chi connectivity index (χ1n) is 9.80. The van der Waals surface area contributed by atoms with Crippen LogP contribution in [-0.2, 0) is 14.8 Å². The zero-order valence-corrected chi connectivity index (χ0v) is 19.8. The first-order valence-corrected chi connectivity index (χ1v) is 12.2. The number of benzene rings is 3. The molecule has 3 aromatic rings. The normalized spacial score (nSPS) is 12.0. The van der Waals surface area contributed by atoms with E-state index in [1.165, 1.54) is 48.2 Å². The van der Waals surface area contributed by atoms with Gasteiger partial charge in [0.1, 0.15) is 5.82 Å². The lowest BCUT2D eigenvalue weighted by Gasteiger charge is -2.14. The lowest BCUT2D eigenvalue weighted by Crippen LogP contribution is -2.22. The lowest BCUT2D eigenvalue weighted by molar-refractivity contribution is -0.115. The molecule has 174 valence electrons. The monoisotopic (exact) mass is 490 g/mol. The molecule has 0 aliphatic heterocycles. The number of carbonyl (C=O) groups is 1. The largest absolute Gasteiger partial charge is 0.493 e. The van der Waals surface area contributed by atoms with Gasteiger partial charge in [0.15, 0.2) is 11.5 Å². The van der Waals surface area contributed by atoms with Crippen LogP contribution in [0.25, 0.3) is 0 Å². The van der Waals surface area contributed by atoms with Crippen LogP contribution in [-0.4, -0.2) is 33.8 Å². The van der Waals surface area contributed by atoms with Crippen molar-refractivity contribution < 1.29 is 27.1 Å². The van der Waals surface area contributed by atoms with E-state index in [-0.39, 0.29) is 16.5 Å². The number of halogens is 1. The van der Waals surface area contributed by atoms with E-state index in [0.717, 1.165) is 17.0 Å². The van der Waals surface area contributed by atoms with Gasteiger partial charge in [-0.2, -0.15) is 0 Å². The molecule has 3 rings (SSSR count). The molecule has 0 saturated heterocycles. The van der Waals surface area contributed by atoms with E-state index in [1.54, 1.807) is 33.3 Å². The third-order valence-corrected chi connectivity index (χ3v) is 7.06. The summed E-state index contributed by atoms with van der Waals surface area (Å²) >= 11 is 1.35. The minimum Gasteiger partial charge on any atom is -0.493 e. The zero-order valence-electron chi connectivity index (χ0n) is 18.2. The van der Waals surface area contributed by atoms with Crippen molar-refractivity contribution in [1.82, 2.24) is 0 Å². The lowest BCUT2D eigenvalue weighted by atomic mass is 10.3. The molecule has 0 saturated carbocycles. The summed E-state index contributed by atoms with van der Waals surface area (Å²) in [5.41, 5.74) is 0.704. The topological polar surface area (TPSA) is 93.7 Å². The van der Waals surface area contributed by atoms with Gasteiger partial charge in [0.25, 0.3) is 10.0 Å². The smallest absolute Gasteiger partial charge is 0.261 e. The fourth-order valence-electron chi connectivity index (χ4n) is 2.84. The summed E-state index contributed by atoms with van der Waals surface area (Å²) < 4.78 is 50.9. The summed E-state index contributed by atoms with van der Waals surface area (Å²) in [5.74, 6) is 0.468. The number of rotatable bonds is 9. The fourth-order valence-corrected chi connectivity index (χ4v) is 4.80. The number of hydrogen-bond donors (Lipinski definition) is 2. The van der Waals surface area contributed by atoms with Gasteiger partial charge in [-0.15, -0.1) is 11.8 Å². The molecule has 0 radical (unpaired) electrons. The van der Waals surface area contributed by atoms with Crippen LogP contribution < -0.4 is 19.5 Å². The average Bonchev–Trinajstić information content (AvgIpc) is 2.80. The van der Waals surface area contributed by atoms with E-state index >= 15 is 0 Å². The van der Waals surface area contributed by atoms with Crippen molar-refractivity contribution in [2.45, 2.75) is 22.0 Å². The number of ether oxygens (including phenoxy) is 2. The highest BCUT2D eigenvalue weighted by atomic mass is 32.2. The number of methoxy groups -OCH3 is 2. The standard InChI is InChI=1S/C23H23FN2O5S2/c1-15(32-19-10-13-21(30-2)22(14-19)31-3)23(27)25-17-8-11-20(12-9-17)33(28,29)26-18-6-4-16(24)5-7-18/h4-15,26H,1-3H3,(H,25,27). The molecule has 0 heterocycles. The van der Waals surface area contributed by atoms with Crippen LogP contribution in [0.5, 0.6) is 11.5 Å². The Hall–Kier alpha value is -3.24. The Balaban J connectivity index is 1.63. The maximum atomic E-state index is 13.0. The summed E-state index contributed by atoms with van der Waals surface area (Å²) in [6, 6.07) is 16.2. The van der Waals surface area contributed by atoms with Gasteiger partial charge in [0, 0.05) is 16.3 Å². The molecule has 0 spiro atoms. The fraction of sp³-hybridized carbons (Fsp3) is 0.174. The summed E-state index contributed by atoms with van der Waals surface area (Å²) in [5, 5.41) is 2.35. The van der Waals surface area contributed by atoms with E-state index in [4.69, 9.17) is 9.47 Å². The SMILES string of the molecule is COc1ccc(SC(C)C(=O)Nc2ccc(S(=O)(=O)Nc3ccc(F)cc3)cc2)cc1OC. The third kappa shape index (κ3) is 6.39. The molecule has 0 fully saturated rings. The van der Waals surface area contributed by atoms with E-state index < -0.39 is 21.1 Å². The first kappa shape index (κ1) is 24.4. The predicted octanol–water partition coefficient (Wildman–Crippen LogP) is 4.76. The van der Waals surface area contributed by atoms with Crippen molar-refractivity contribution in [3.8, 4) is 11.5 Å². The molecule has 1 atom stereocenters. The van der Waals surface area contributed by atoms with Crippen molar-refractivity contribution in [3.63, 3.8) is 0 Å². The molecule has 3 aromatic carbocycles. The molecule has 0 aromatic heterocycles. The van der Waals surface area contributed by atoms with E-state index in [1.807, 2.05) is 6.07 Å². The van der Waals surface area contributed by atoms with E-state index in [9.17, 15) is 17.6 Å². The van der Waals surface area contributed by atoms with Crippen molar-refractivity contribution in [2.24, 2.45) is 0 Å². The maximum Gasteiger partial charge on any atom is 0.261 e. The van der Waals surface area contributed by atoms with Crippen LogP contribution in [0.2, 0.25) is 0 Å². The molecular weight excluding hydrogens is 467 g/mol. The molecule has 0 bridgehead atoms. The molecular formula is C23H23FN2O5S2. The second kappa shape index (κ2) is 10.6. The highest BCUT2D eigenvalue weighted by molar-refractivity contribution is 8.00. The van der Waals surface area contributed by atoms with Crippen molar-refractivity contribution in [1.29, 1.82) is 0 Å². The Morgan fingerprint density at radius 1 is 0.909 bits per heavy atom. The molecule has 1 unspecified atom stereocenters. The average molecular weight is 491 g/mol. The van der Waals surface area contributed by atoms with Gasteiger partial charge in [0.05, 0.1) is 24.4 Å². The minimum absolute atomic E-state index is 0.0116. The Bertz CT molecular complexity index is 1220. The molecule has 0 aliphatic carbocycles. The van der Waals surface area contributed by atoms with Gasteiger partial charge in [-0.05, 0) is 73.7 Å². The van der Waals surface area contributed by atoms with Gasteiger partial charge >= 0.3 is 0 Å². The van der Waals surface area contributed by atoms with E-state index in [0.29, 0.717) is 17.2 Å². The molecule has 0 aliphatic rings. The summed E-state index contributed by atoms with van der Waals surface area (Å²) in [4.78, 5) is 13.4. The van der Waals surface area contributed by atoms with Crippen molar-refractivity contribution >= 4 is 39.1 Å². The quantitative estimate of drug-likeness (QED) is 0.420. The summed E-state index contributed by atoms with van der Waals surface area (Å²) in [6.45, 7) is 1.77. The molecule has 7 nitrogen and oxygen atoms in total. The Labute approximate surface area is 196 Å². The van der Waals surface area contributed by atoms with Crippen LogP contribution in [0.1, 0.15) is 6.92 Å². The van der Waals surface area contributed by atoms with Crippen LogP contribution in [0.15, 0.2) is 76.5 Å². The second-order valence-electron chi connectivity index (χ2n) is 6.90. The van der Waals surface area contributed by atoms with Crippen LogP contribution in [0.3, 0.4) is 0 Å². The van der Waals surface area contributed by atoms with Gasteiger partial charge in [-0.3, -0.25) is 9.52 Å². The number of sulfonamides is 1. The molecule has 10 heteroatoms. The zero-order chi connectivity index (χ0) is 24.0. The Morgan fingerprint density at radius 2 is 1.52 bits per heavy atom. The van der Waals surface area contributed by atoms with Crippen LogP contribution in [0.4, 0.5) is 15.8 Å². The van der Waals surface area contributed by atoms with Crippen LogP contribution in [0, 0.1) is 5.82 Å². The maximum absolute atomic E-state index is 13.0. The molecule has 33 heavy (non-hydrogen) atoms. The highest BCUT2D eigenvalue weighted by Gasteiger charge is 2.18. The predicted molar refractivity (Wildman–Crippen MR) is 127 cm³/mol. The molecule has 2 N–H and O–H groups in total. The highest BCUT2D eigenvalue weighted by Crippen LogP contribution is 2.33. The third-order valence-electron chi connectivity index (χ3n) is 4.57. The van der Waals surface area contributed by atoms with Gasteiger partial charge in [-0.25, -0.2) is 12.8 Å². The second-order valence-corrected chi connectivity index (χ2v) is 10.00. The molecule has 1 amide bonds. The number of anilines is 2. The summed E-state index contributed by atoms with van der Waals surface area (Å²) in [6.07, 6.45) is 0. The van der Waals surface area contributed by atoms with Gasteiger partial charge < -0.3 is 14.8 Å². The minimum atomic E-state index is -3.85.